The van der Waals surface area contributed by atoms with Crippen molar-refractivity contribution >= 4 is 74.6 Å². The number of benzene rings is 2. The molecular formula is C25H26Cl3N5O2S. The van der Waals surface area contributed by atoms with Gasteiger partial charge in [0.1, 0.15) is 6.17 Å². The van der Waals surface area contributed by atoms with E-state index in [4.69, 9.17) is 51.8 Å². The van der Waals surface area contributed by atoms with Gasteiger partial charge in [-0.15, -0.1) is 0 Å². The minimum absolute atomic E-state index is 0.141. The lowest BCUT2D eigenvalue weighted by Gasteiger charge is -2.35. The molecule has 0 radical (unpaired) electrons. The molecule has 2 heterocycles. The number of aromatic nitrogens is 1. The number of anilines is 1. The van der Waals surface area contributed by atoms with Gasteiger partial charge in [-0.1, -0.05) is 83.3 Å². The molecule has 0 aliphatic carbocycles. The lowest BCUT2D eigenvalue weighted by Crippen LogP contribution is -2.56. The number of ether oxygens (including phenoxy) is 1. The summed E-state index contributed by atoms with van der Waals surface area (Å²) >= 11 is 24.1. The zero-order chi connectivity index (χ0) is 25.5. The van der Waals surface area contributed by atoms with Crippen LogP contribution in [0.25, 0.3) is 10.9 Å². The van der Waals surface area contributed by atoms with Crippen LogP contribution in [-0.2, 0) is 9.53 Å². The van der Waals surface area contributed by atoms with Crippen molar-refractivity contribution in [3.8, 4) is 0 Å². The summed E-state index contributed by atoms with van der Waals surface area (Å²) < 4.78 is 3.63. The van der Waals surface area contributed by atoms with E-state index in [1.54, 1.807) is 6.20 Å². The lowest BCUT2D eigenvalue weighted by atomic mass is 10.0. The fourth-order valence-electron chi connectivity index (χ4n) is 4.11. The number of carbonyl (C=O) groups is 1. The number of alkyl halides is 3. The number of halogens is 3. The molecule has 7 nitrogen and oxygen atoms in total. The van der Waals surface area contributed by atoms with Crippen molar-refractivity contribution in [2.45, 2.75) is 22.4 Å². The number of morpholine rings is 1. The molecule has 0 saturated carbocycles. The second-order valence-corrected chi connectivity index (χ2v) is 11.1. The zero-order valence-electron chi connectivity index (χ0n) is 19.3. The number of para-hydroxylation sites is 1. The Labute approximate surface area is 230 Å². The first-order chi connectivity index (χ1) is 17.3. The van der Waals surface area contributed by atoms with Crippen LogP contribution in [0.4, 0.5) is 5.69 Å². The van der Waals surface area contributed by atoms with Crippen molar-refractivity contribution in [3.63, 3.8) is 0 Å². The van der Waals surface area contributed by atoms with Gasteiger partial charge in [-0.05, 0) is 29.9 Å². The summed E-state index contributed by atoms with van der Waals surface area (Å²) in [6.07, 6.45) is 0.807. The van der Waals surface area contributed by atoms with E-state index < -0.39 is 9.96 Å². The summed E-state index contributed by atoms with van der Waals surface area (Å²) in [5, 5.41) is 9.94. The minimum Gasteiger partial charge on any atom is -0.379 e. The molecule has 11 heteroatoms. The van der Waals surface area contributed by atoms with Gasteiger partial charge in [0.15, 0.2) is 5.11 Å². The molecule has 1 amide bonds. The van der Waals surface area contributed by atoms with Crippen molar-refractivity contribution < 1.29 is 9.53 Å². The molecule has 2 unspecified atom stereocenters. The molecule has 1 saturated heterocycles. The van der Waals surface area contributed by atoms with E-state index in [0.29, 0.717) is 18.9 Å². The van der Waals surface area contributed by atoms with Crippen LogP contribution in [0.2, 0.25) is 0 Å². The van der Waals surface area contributed by atoms with E-state index in [0.717, 1.165) is 29.6 Å². The van der Waals surface area contributed by atoms with Gasteiger partial charge in [-0.3, -0.25) is 14.7 Å². The molecule has 190 valence electrons. The van der Waals surface area contributed by atoms with Crippen LogP contribution in [0.1, 0.15) is 18.0 Å². The fraction of sp³-hybridized carbons (Fsp3) is 0.320. The molecule has 2 aromatic carbocycles. The third-order valence-electron chi connectivity index (χ3n) is 5.84. The van der Waals surface area contributed by atoms with Gasteiger partial charge in [0, 0.05) is 37.1 Å². The van der Waals surface area contributed by atoms with Crippen LogP contribution >= 0.6 is 47.0 Å². The number of pyridine rings is 1. The summed E-state index contributed by atoms with van der Waals surface area (Å²) in [6, 6.07) is 19.2. The highest BCUT2D eigenvalue weighted by Gasteiger charge is 2.35. The van der Waals surface area contributed by atoms with Gasteiger partial charge in [0.2, 0.25) is 9.70 Å². The van der Waals surface area contributed by atoms with E-state index in [2.05, 4.69) is 25.8 Å². The Morgan fingerprint density at radius 1 is 1.03 bits per heavy atom. The van der Waals surface area contributed by atoms with Gasteiger partial charge in [0.25, 0.3) is 0 Å². The van der Waals surface area contributed by atoms with Crippen LogP contribution in [0.3, 0.4) is 0 Å². The Kier molecular flexibility index (Phi) is 9.22. The molecule has 1 aliphatic rings. The number of carbonyl (C=O) groups excluding carboxylic acids is 1. The summed E-state index contributed by atoms with van der Waals surface area (Å²) in [7, 11) is 0. The summed E-state index contributed by atoms with van der Waals surface area (Å²) in [6.45, 7) is 2.69. The predicted molar refractivity (Wildman–Crippen MR) is 150 cm³/mol. The first-order valence-electron chi connectivity index (χ1n) is 11.5. The quantitative estimate of drug-likeness (QED) is 0.215. The summed E-state index contributed by atoms with van der Waals surface area (Å²) in [5.74, 6) is -0.284. The van der Waals surface area contributed by atoms with Crippen molar-refractivity contribution in [3.05, 3.63) is 72.4 Å². The second-order valence-electron chi connectivity index (χ2n) is 8.30. The molecule has 3 aromatic rings. The second kappa shape index (κ2) is 12.4. The molecule has 4 rings (SSSR count). The standard InChI is InChI=1S/C25H26Cl3N5O2S/c26-25(27,28)23(32-24(36)30-19-10-4-8-18-9-5-11-29-22(18)19)31-21(34)16-20(17-6-2-1-3-7-17)33-12-14-35-15-13-33/h1-11,20,23H,12-16H2,(H,31,34)(H2,30,32,36). The number of amides is 1. The van der Waals surface area contributed by atoms with Crippen LogP contribution in [0, 0.1) is 0 Å². The Morgan fingerprint density at radius 2 is 1.75 bits per heavy atom. The number of fused-ring (bicyclic) bond motifs is 1. The van der Waals surface area contributed by atoms with Gasteiger partial charge in [0.05, 0.1) is 24.4 Å². The zero-order valence-corrected chi connectivity index (χ0v) is 22.4. The number of hydrogen-bond donors (Lipinski definition) is 3. The molecule has 2 atom stereocenters. The predicted octanol–water partition coefficient (Wildman–Crippen LogP) is 4.80. The number of thiocarbonyl (C=S) groups is 1. The highest BCUT2D eigenvalue weighted by atomic mass is 35.6. The molecule has 1 aromatic heterocycles. The summed E-state index contributed by atoms with van der Waals surface area (Å²) in [5.41, 5.74) is 2.47. The van der Waals surface area contributed by atoms with E-state index in [1.165, 1.54) is 0 Å². The molecule has 0 spiro atoms. The third-order valence-corrected chi connectivity index (χ3v) is 6.71. The van der Waals surface area contributed by atoms with E-state index in [9.17, 15) is 4.79 Å². The van der Waals surface area contributed by atoms with Crippen LogP contribution in [-0.4, -0.2) is 57.2 Å². The number of rotatable bonds is 7. The number of nitrogens with one attached hydrogen (secondary N) is 3. The molecule has 3 N–H and O–H groups in total. The van der Waals surface area contributed by atoms with Gasteiger partial charge < -0.3 is 20.7 Å². The van der Waals surface area contributed by atoms with Crippen LogP contribution in [0.15, 0.2) is 66.9 Å². The van der Waals surface area contributed by atoms with Gasteiger partial charge in [-0.2, -0.15) is 0 Å². The number of hydrogen-bond acceptors (Lipinski definition) is 5. The monoisotopic (exact) mass is 565 g/mol. The van der Waals surface area contributed by atoms with Crippen molar-refractivity contribution in [1.29, 1.82) is 0 Å². The van der Waals surface area contributed by atoms with Gasteiger partial charge >= 0.3 is 0 Å². The maximum absolute atomic E-state index is 13.2. The summed E-state index contributed by atoms with van der Waals surface area (Å²) in [4.78, 5) is 19.8. The smallest absolute Gasteiger partial charge is 0.228 e. The average molecular weight is 567 g/mol. The van der Waals surface area contributed by atoms with E-state index >= 15 is 0 Å². The average Bonchev–Trinajstić information content (AvgIpc) is 2.87. The Balaban J connectivity index is 1.45. The third kappa shape index (κ3) is 7.18. The molecule has 1 fully saturated rings. The fourth-order valence-corrected chi connectivity index (χ4v) is 4.67. The minimum atomic E-state index is -1.86. The SMILES string of the molecule is O=C(CC(c1ccccc1)N1CCOCC1)NC(NC(=S)Nc1cccc2cccnc12)C(Cl)(Cl)Cl. The Morgan fingerprint density at radius 3 is 2.47 bits per heavy atom. The molecule has 36 heavy (non-hydrogen) atoms. The van der Waals surface area contributed by atoms with Gasteiger partial charge in [-0.25, -0.2) is 0 Å². The highest BCUT2D eigenvalue weighted by molar-refractivity contribution is 7.80. The first kappa shape index (κ1) is 26.9. The maximum Gasteiger partial charge on any atom is 0.228 e. The highest BCUT2D eigenvalue weighted by Crippen LogP contribution is 2.30. The van der Waals surface area contributed by atoms with Crippen molar-refractivity contribution in [1.82, 2.24) is 20.5 Å². The van der Waals surface area contributed by atoms with E-state index in [1.807, 2.05) is 60.7 Å². The van der Waals surface area contributed by atoms with Crippen molar-refractivity contribution in [2.24, 2.45) is 0 Å². The largest absolute Gasteiger partial charge is 0.379 e. The Bertz CT molecular complexity index is 1180. The maximum atomic E-state index is 13.2. The molecular weight excluding hydrogens is 541 g/mol. The van der Waals surface area contributed by atoms with Crippen molar-refractivity contribution in [2.75, 3.05) is 31.6 Å². The first-order valence-corrected chi connectivity index (χ1v) is 13.0. The molecule has 0 bridgehead atoms. The number of nitrogens with zero attached hydrogens (tertiary/aromatic N) is 2. The Hall–Kier alpha value is -2.20. The topological polar surface area (TPSA) is 78.5 Å². The van der Waals surface area contributed by atoms with E-state index in [-0.39, 0.29) is 23.5 Å². The molecule has 1 aliphatic heterocycles. The van der Waals surface area contributed by atoms with Crippen LogP contribution in [0.5, 0.6) is 0 Å². The van der Waals surface area contributed by atoms with Crippen LogP contribution < -0.4 is 16.0 Å². The normalized spacial score (nSPS) is 16.2. The lowest BCUT2D eigenvalue weighted by molar-refractivity contribution is -0.123.